The number of nitrogens with zero attached hydrogens (tertiary/aromatic N) is 2. The highest BCUT2D eigenvalue weighted by molar-refractivity contribution is 6.08. The van der Waals surface area contributed by atoms with Crippen LogP contribution < -0.4 is 0 Å². The molecule has 3 rings (SSSR count). The minimum Gasteiger partial charge on any atom is -0.464 e. The standard InChI is InChI=1S/C16H17N3O5/c1-2-24-16(21)14-4-3-7-18(14)15(20)12-9-17-13-6-5-10(19(22)23)8-11(12)13/h5-6,8-9,14,17H,2-4,7H2,1H3/t14-/m1/s1. The SMILES string of the molecule is CCOC(=O)[C@H]1CCCN1C(=O)c1c[nH]c2ccc([N+](=O)[O-])cc12. The van der Waals surface area contributed by atoms with Gasteiger partial charge in [-0.1, -0.05) is 0 Å². The van der Waals surface area contributed by atoms with Gasteiger partial charge in [0.15, 0.2) is 0 Å². The lowest BCUT2D eigenvalue weighted by Gasteiger charge is -2.22. The number of ether oxygens (including phenoxy) is 1. The summed E-state index contributed by atoms with van der Waals surface area (Å²) in [6, 6.07) is 3.72. The number of likely N-dealkylation sites (tertiary alicyclic amines) is 1. The van der Waals surface area contributed by atoms with Crippen LogP contribution in [0.4, 0.5) is 5.69 Å². The summed E-state index contributed by atoms with van der Waals surface area (Å²) in [7, 11) is 0. The highest BCUT2D eigenvalue weighted by Gasteiger charge is 2.36. The lowest BCUT2D eigenvalue weighted by molar-refractivity contribution is -0.384. The smallest absolute Gasteiger partial charge is 0.328 e. The normalized spacial score (nSPS) is 17.2. The van der Waals surface area contributed by atoms with Crippen molar-refractivity contribution in [2.45, 2.75) is 25.8 Å². The minimum absolute atomic E-state index is 0.0838. The Morgan fingerprint density at radius 1 is 1.46 bits per heavy atom. The van der Waals surface area contributed by atoms with Crippen LogP contribution >= 0.6 is 0 Å². The van der Waals surface area contributed by atoms with Gasteiger partial charge in [0.05, 0.1) is 17.1 Å². The molecule has 1 aromatic heterocycles. The zero-order valence-electron chi connectivity index (χ0n) is 13.2. The van der Waals surface area contributed by atoms with Crippen molar-refractivity contribution in [3.63, 3.8) is 0 Å². The van der Waals surface area contributed by atoms with E-state index in [1.807, 2.05) is 0 Å². The van der Waals surface area contributed by atoms with Crippen LogP contribution in [0.5, 0.6) is 0 Å². The Morgan fingerprint density at radius 2 is 2.25 bits per heavy atom. The van der Waals surface area contributed by atoms with Crippen LogP contribution in [0.2, 0.25) is 0 Å². The number of H-pyrrole nitrogens is 1. The lowest BCUT2D eigenvalue weighted by Crippen LogP contribution is -2.41. The van der Waals surface area contributed by atoms with Crippen molar-refractivity contribution < 1.29 is 19.2 Å². The molecule has 0 radical (unpaired) electrons. The zero-order valence-corrected chi connectivity index (χ0v) is 13.2. The maximum Gasteiger partial charge on any atom is 0.328 e. The highest BCUT2D eigenvalue weighted by Crippen LogP contribution is 2.27. The number of benzene rings is 1. The van der Waals surface area contributed by atoms with Crippen LogP contribution in [0, 0.1) is 10.1 Å². The first kappa shape index (κ1) is 16.0. The molecule has 1 amide bonds. The molecule has 2 heterocycles. The van der Waals surface area contributed by atoms with E-state index in [-0.39, 0.29) is 18.2 Å². The first-order valence-corrected chi connectivity index (χ1v) is 7.76. The largest absolute Gasteiger partial charge is 0.464 e. The van der Waals surface area contributed by atoms with Gasteiger partial charge in [0.2, 0.25) is 0 Å². The molecule has 0 bridgehead atoms. The van der Waals surface area contributed by atoms with Gasteiger partial charge in [-0.3, -0.25) is 14.9 Å². The molecule has 0 aliphatic carbocycles. The Hall–Kier alpha value is -2.90. The molecule has 24 heavy (non-hydrogen) atoms. The van der Waals surface area contributed by atoms with Gasteiger partial charge in [0.25, 0.3) is 11.6 Å². The molecule has 1 fully saturated rings. The van der Waals surface area contributed by atoms with Crippen LogP contribution in [0.25, 0.3) is 10.9 Å². The molecular weight excluding hydrogens is 314 g/mol. The van der Waals surface area contributed by atoms with Crippen LogP contribution in [0.3, 0.4) is 0 Å². The summed E-state index contributed by atoms with van der Waals surface area (Å²) >= 11 is 0. The van der Waals surface area contributed by atoms with Gasteiger partial charge in [-0.2, -0.15) is 0 Å². The monoisotopic (exact) mass is 331 g/mol. The maximum absolute atomic E-state index is 12.9. The summed E-state index contributed by atoms with van der Waals surface area (Å²) in [6.45, 7) is 2.44. The number of fused-ring (bicyclic) bond motifs is 1. The number of carbonyl (C=O) groups excluding carboxylic acids is 2. The molecule has 126 valence electrons. The second-order valence-corrected chi connectivity index (χ2v) is 5.60. The van der Waals surface area contributed by atoms with E-state index in [0.29, 0.717) is 29.4 Å². The molecule has 8 nitrogen and oxygen atoms in total. The number of amides is 1. The molecule has 2 aromatic rings. The number of non-ortho nitro benzene ring substituents is 1. The molecule has 0 saturated carbocycles. The number of esters is 1. The van der Waals surface area contributed by atoms with Crippen molar-refractivity contribution in [2.75, 3.05) is 13.2 Å². The molecule has 1 N–H and O–H groups in total. The molecule has 1 aromatic carbocycles. The molecule has 0 unspecified atom stereocenters. The molecular formula is C16H17N3O5. The van der Waals surface area contributed by atoms with Crippen molar-refractivity contribution in [1.82, 2.24) is 9.88 Å². The Morgan fingerprint density at radius 3 is 2.96 bits per heavy atom. The zero-order chi connectivity index (χ0) is 17.3. The summed E-state index contributed by atoms with van der Waals surface area (Å²) in [5.41, 5.74) is 0.875. The Bertz CT molecular complexity index is 813. The average molecular weight is 331 g/mol. The third kappa shape index (κ3) is 2.70. The minimum atomic E-state index is -0.596. The summed E-state index contributed by atoms with van der Waals surface area (Å²) in [5, 5.41) is 11.4. The van der Waals surface area contributed by atoms with E-state index < -0.39 is 16.9 Å². The molecule has 1 saturated heterocycles. The number of aromatic nitrogens is 1. The highest BCUT2D eigenvalue weighted by atomic mass is 16.6. The Balaban J connectivity index is 1.94. The van der Waals surface area contributed by atoms with E-state index in [4.69, 9.17) is 4.74 Å². The van der Waals surface area contributed by atoms with E-state index in [2.05, 4.69) is 4.98 Å². The third-order valence-electron chi connectivity index (χ3n) is 4.18. The van der Waals surface area contributed by atoms with E-state index >= 15 is 0 Å². The van der Waals surface area contributed by atoms with E-state index in [1.165, 1.54) is 23.2 Å². The molecule has 0 spiro atoms. The van der Waals surface area contributed by atoms with Gasteiger partial charge in [0, 0.05) is 35.8 Å². The fraction of sp³-hybridized carbons (Fsp3) is 0.375. The molecule has 8 heteroatoms. The van der Waals surface area contributed by atoms with E-state index in [1.54, 1.807) is 13.0 Å². The van der Waals surface area contributed by atoms with E-state index in [9.17, 15) is 19.7 Å². The van der Waals surface area contributed by atoms with Gasteiger partial charge in [-0.05, 0) is 25.8 Å². The van der Waals surface area contributed by atoms with Crippen LogP contribution in [-0.2, 0) is 9.53 Å². The summed E-state index contributed by atoms with van der Waals surface area (Å²) in [6.07, 6.45) is 2.81. The fourth-order valence-electron chi connectivity index (χ4n) is 3.05. The third-order valence-corrected chi connectivity index (χ3v) is 4.18. The maximum atomic E-state index is 12.9. The van der Waals surface area contributed by atoms with Crippen LogP contribution in [0.15, 0.2) is 24.4 Å². The quantitative estimate of drug-likeness (QED) is 0.525. The first-order valence-electron chi connectivity index (χ1n) is 7.76. The van der Waals surface area contributed by atoms with Crippen molar-refractivity contribution in [3.05, 3.63) is 40.1 Å². The number of nitro groups is 1. The number of nitro benzene ring substituents is 1. The van der Waals surface area contributed by atoms with Crippen molar-refractivity contribution in [3.8, 4) is 0 Å². The number of nitrogens with one attached hydrogen (secondary N) is 1. The molecule has 1 aliphatic heterocycles. The lowest BCUT2D eigenvalue weighted by atomic mass is 10.1. The first-order chi connectivity index (χ1) is 11.5. The van der Waals surface area contributed by atoms with Gasteiger partial charge < -0.3 is 14.6 Å². The summed E-state index contributed by atoms with van der Waals surface area (Å²) < 4.78 is 5.03. The number of carbonyl (C=O) groups is 2. The van der Waals surface area contributed by atoms with Crippen molar-refractivity contribution in [2.24, 2.45) is 0 Å². The van der Waals surface area contributed by atoms with E-state index in [0.717, 1.165) is 6.42 Å². The van der Waals surface area contributed by atoms with Gasteiger partial charge in [0.1, 0.15) is 6.04 Å². The summed E-state index contributed by atoms with van der Waals surface area (Å²) in [5.74, 6) is -0.730. The topological polar surface area (TPSA) is 106 Å². The van der Waals surface area contributed by atoms with Crippen LogP contribution in [0.1, 0.15) is 30.1 Å². The molecule has 1 atom stereocenters. The predicted octanol–water partition coefficient (Wildman–Crippen LogP) is 2.24. The average Bonchev–Trinajstić information content (AvgIpc) is 3.20. The second kappa shape index (κ2) is 6.31. The van der Waals surface area contributed by atoms with Gasteiger partial charge in [-0.15, -0.1) is 0 Å². The number of hydrogen-bond donors (Lipinski definition) is 1. The number of hydrogen-bond acceptors (Lipinski definition) is 5. The van der Waals surface area contributed by atoms with Gasteiger partial charge in [-0.25, -0.2) is 4.79 Å². The predicted molar refractivity (Wildman–Crippen MR) is 85.6 cm³/mol. The number of rotatable bonds is 4. The second-order valence-electron chi connectivity index (χ2n) is 5.60. The van der Waals surface area contributed by atoms with Crippen LogP contribution in [-0.4, -0.2) is 45.9 Å². The number of aromatic amines is 1. The Kier molecular flexibility index (Phi) is 4.20. The molecule has 1 aliphatic rings. The fourth-order valence-corrected chi connectivity index (χ4v) is 3.05. The van der Waals surface area contributed by atoms with Crippen molar-refractivity contribution >= 4 is 28.5 Å². The summed E-state index contributed by atoms with van der Waals surface area (Å²) in [4.78, 5) is 39.8. The Labute approximate surface area is 137 Å². The van der Waals surface area contributed by atoms with Gasteiger partial charge >= 0.3 is 5.97 Å². The van der Waals surface area contributed by atoms with Crippen molar-refractivity contribution in [1.29, 1.82) is 0 Å².